The minimum absolute atomic E-state index is 0.863. The number of aromatic nitrogens is 4. The minimum Gasteiger partial charge on any atom is -0.379 e. The molecule has 0 unspecified atom stereocenters. The van der Waals surface area contributed by atoms with E-state index in [2.05, 4.69) is 33.4 Å². The third kappa shape index (κ3) is 3.28. The van der Waals surface area contributed by atoms with E-state index in [-0.39, 0.29) is 0 Å². The molecule has 120 valence electrons. The van der Waals surface area contributed by atoms with Gasteiger partial charge in [0.25, 0.3) is 0 Å². The number of hydrogen-bond donors (Lipinski definition) is 0. The van der Waals surface area contributed by atoms with Gasteiger partial charge in [-0.2, -0.15) is 10.2 Å². The Balaban J connectivity index is 1.38. The van der Waals surface area contributed by atoms with Gasteiger partial charge in [-0.1, -0.05) is 6.07 Å². The Kier molecular flexibility index (Phi) is 4.08. The zero-order valence-corrected chi connectivity index (χ0v) is 13.1. The van der Waals surface area contributed by atoms with E-state index < -0.39 is 0 Å². The average molecular weight is 311 g/mol. The van der Waals surface area contributed by atoms with Gasteiger partial charge in [0.05, 0.1) is 24.9 Å². The van der Waals surface area contributed by atoms with Crippen molar-refractivity contribution in [3.63, 3.8) is 0 Å². The highest BCUT2D eigenvalue weighted by molar-refractivity contribution is 5.63. The van der Waals surface area contributed by atoms with Crippen LogP contribution in [0.1, 0.15) is 6.42 Å². The molecular formula is C17H21N5O. The summed E-state index contributed by atoms with van der Waals surface area (Å²) in [5, 5.41) is 8.77. The van der Waals surface area contributed by atoms with Crippen LogP contribution in [0.25, 0.3) is 16.6 Å². The van der Waals surface area contributed by atoms with Gasteiger partial charge >= 0.3 is 0 Å². The van der Waals surface area contributed by atoms with Crippen molar-refractivity contribution in [2.24, 2.45) is 0 Å². The predicted molar refractivity (Wildman–Crippen MR) is 88.3 cm³/mol. The molecule has 6 nitrogen and oxygen atoms in total. The smallest absolute Gasteiger partial charge is 0.0661 e. The zero-order valence-electron chi connectivity index (χ0n) is 13.1. The summed E-state index contributed by atoms with van der Waals surface area (Å²) in [7, 11) is 0. The Morgan fingerprint density at radius 2 is 1.87 bits per heavy atom. The van der Waals surface area contributed by atoms with Crippen LogP contribution < -0.4 is 0 Å². The number of fused-ring (bicyclic) bond motifs is 1. The summed E-state index contributed by atoms with van der Waals surface area (Å²) in [5.41, 5.74) is 3.38. The molecule has 0 N–H and O–H groups in total. The second-order valence-corrected chi connectivity index (χ2v) is 5.92. The molecule has 1 saturated heterocycles. The van der Waals surface area contributed by atoms with Crippen LogP contribution >= 0.6 is 0 Å². The van der Waals surface area contributed by atoms with Crippen LogP contribution in [0.4, 0.5) is 0 Å². The van der Waals surface area contributed by atoms with Crippen LogP contribution in [0, 0.1) is 0 Å². The van der Waals surface area contributed by atoms with Crippen molar-refractivity contribution in [1.82, 2.24) is 24.3 Å². The van der Waals surface area contributed by atoms with Gasteiger partial charge in [-0.25, -0.2) is 4.52 Å². The van der Waals surface area contributed by atoms with Gasteiger partial charge in [-0.3, -0.25) is 9.58 Å². The maximum absolute atomic E-state index is 5.38. The number of pyridine rings is 1. The number of nitrogens with zero attached hydrogens (tertiary/aromatic N) is 5. The summed E-state index contributed by atoms with van der Waals surface area (Å²) in [6.07, 6.45) is 9.02. The van der Waals surface area contributed by atoms with Crippen LogP contribution in [-0.2, 0) is 11.3 Å². The van der Waals surface area contributed by atoms with Crippen molar-refractivity contribution in [3.8, 4) is 11.1 Å². The molecule has 0 bridgehead atoms. The molecular weight excluding hydrogens is 290 g/mol. The lowest BCUT2D eigenvalue weighted by molar-refractivity contribution is 0.0368. The molecule has 23 heavy (non-hydrogen) atoms. The Hall–Kier alpha value is -2.18. The number of morpholine rings is 1. The number of hydrogen-bond acceptors (Lipinski definition) is 4. The monoisotopic (exact) mass is 311 g/mol. The Bertz CT molecular complexity index is 772. The number of ether oxygens (including phenoxy) is 1. The third-order valence-electron chi connectivity index (χ3n) is 4.33. The van der Waals surface area contributed by atoms with Gasteiger partial charge in [0.15, 0.2) is 0 Å². The Morgan fingerprint density at radius 3 is 2.78 bits per heavy atom. The first-order valence-corrected chi connectivity index (χ1v) is 8.15. The molecule has 3 aromatic rings. The van der Waals surface area contributed by atoms with Crippen LogP contribution in [0.5, 0.6) is 0 Å². The van der Waals surface area contributed by atoms with Crippen LogP contribution in [0.15, 0.2) is 43.0 Å². The van der Waals surface area contributed by atoms with Crippen molar-refractivity contribution in [2.45, 2.75) is 13.0 Å². The molecule has 0 aliphatic carbocycles. The Labute approximate surface area is 135 Å². The molecule has 0 saturated carbocycles. The SMILES string of the molecule is c1cc2ccc(-c3cnn(CCCN4CCOCC4)c3)cn2n1. The number of aryl methyl sites for hydroxylation is 1. The maximum atomic E-state index is 5.38. The van der Waals surface area contributed by atoms with E-state index in [1.54, 1.807) is 0 Å². The van der Waals surface area contributed by atoms with E-state index in [4.69, 9.17) is 4.74 Å². The lowest BCUT2D eigenvalue weighted by Gasteiger charge is -2.26. The van der Waals surface area contributed by atoms with Crippen LogP contribution in [0.2, 0.25) is 0 Å². The molecule has 1 aliphatic rings. The largest absolute Gasteiger partial charge is 0.379 e. The molecule has 0 atom stereocenters. The summed E-state index contributed by atoms with van der Waals surface area (Å²) in [6.45, 7) is 5.88. The fraction of sp³-hybridized carbons (Fsp3) is 0.412. The molecule has 1 fully saturated rings. The first kappa shape index (κ1) is 14.4. The van der Waals surface area contributed by atoms with Gasteiger partial charge in [0.1, 0.15) is 0 Å². The second-order valence-electron chi connectivity index (χ2n) is 5.92. The molecule has 0 radical (unpaired) electrons. The molecule has 4 heterocycles. The minimum atomic E-state index is 0.863. The second kappa shape index (κ2) is 6.52. The molecule has 6 heteroatoms. The lowest BCUT2D eigenvalue weighted by Crippen LogP contribution is -2.37. The molecule has 0 aromatic carbocycles. The van der Waals surface area contributed by atoms with E-state index in [1.807, 2.05) is 33.9 Å². The highest BCUT2D eigenvalue weighted by Gasteiger charge is 2.10. The quantitative estimate of drug-likeness (QED) is 0.722. The van der Waals surface area contributed by atoms with Gasteiger partial charge in [-0.05, 0) is 18.6 Å². The maximum Gasteiger partial charge on any atom is 0.0661 e. The summed E-state index contributed by atoms with van der Waals surface area (Å²) >= 11 is 0. The van der Waals surface area contributed by atoms with Gasteiger partial charge in [0.2, 0.25) is 0 Å². The first-order valence-electron chi connectivity index (χ1n) is 8.15. The lowest BCUT2D eigenvalue weighted by atomic mass is 10.1. The standard InChI is InChI=1S/C17H21N5O/c1(6-20-8-10-23-11-9-20)7-21-13-16(12-19-21)15-2-3-17-4-5-18-22(17)14-15/h2-5,12-14H,1,6-11H2. The van der Waals surface area contributed by atoms with Crippen molar-refractivity contribution in [2.75, 3.05) is 32.8 Å². The van der Waals surface area contributed by atoms with E-state index >= 15 is 0 Å². The predicted octanol–water partition coefficient (Wildman–Crippen LogP) is 1.92. The number of rotatable bonds is 5. The molecule has 1 aliphatic heterocycles. The third-order valence-corrected chi connectivity index (χ3v) is 4.33. The van der Waals surface area contributed by atoms with Gasteiger partial charge < -0.3 is 4.74 Å². The molecule has 4 rings (SSSR count). The first-order chi connectivity index (χ1) is 11.4. The highest BCUT2D eigenvalue weighted by Crippen LogP contribution is 2.19. The molecule has 0 spiro atoms. The van der Waals surface area contributed by atoms with E-state index in [9.17, 15) is 0 Å². The summed E-state index contributed by atoms with van der Waals surface area (Å²) in [4.78, 5) is 2.46. The Morgan fingerprint density at radius 1 is 0.957 bits per heavy atom. The fourth-order valence-electron chi connectivity index (χ4n) is 3.00. The normalized spacial score (nSPS) is 16.2. The van der Waals surface area contributed by atoms with Crippen molar-refractivity contribution >= 4 is 5.52 Å². The van der Waals surface area contributed by atoms with E-state index in [1.165, 1.54) is 0 Å². The molecule has 3 aromatic heterocycles. The summed E-state index contributed by atoms with van der Waals surface area (Å²) in [6, 6.07) is 6.20. The topological polar surface area (TPSA) is 47.6 Å². The van der Waals surface area contributed by atoms with E-state index in [0.29, 0.717) is 0 Å². The van der Waals surface area contributed by atoms with Crippen molar-refractivity contribution in [3.05, 3.63) is 43.0 Å². The van der Waals surface area contributed by atoms with Crippen LogP contribution in [-0.4, -0.2) is 57.1 Å². The van der Waals surface area contributed by atoms with E-state index in [0.717, 1.165) is 62.5 Å². The van der Waals surface area contributed by atoms with Crippen molar-refractivity contribution < 1.29 is 4.74 Å². The summed E-state index contributed by atoms with van der Waals surface area (Å²) < 4.78 is 9.30. The van der Waals surface area contributed by atoms with Crippen molar-refractivity contribution in [1.29, 1.82) is 0 Å². The average Bonchev–Trinajstić information content (AvgIpc) is 3.24. The fourth-order valence-corrected chi connectivity index (χ4v) is 3.00. The van der Waals surface area contributed by atoms with Gasteiger partial charge in [0, 0.05) is 55.9 Å². The summed E-state index contributed by atoms with van der Waals surface area (Å²) in [5.74, 6) is 0. The van der Waals surface area contributed by atoms with Gasteiger partial charge in [-0.15, -0.1) is 0 Å². The highest BCUT2D eigenvalue weighted by atomic mass is 16.5. The molecule has 0 amide bonds. The van der Waals surface area contributed by atoms with Crippen LogP contribution in [0.3, 0.4) is 0 Å². The zero-order chi connectivity index (χ0) is 15.5.